The Bertz CT molecular complexity index is 631. The van der Waals surface area contributed by atoms with Crippen LogP contribution in [0, 0.1) is 6.92 Å². The van der Waals surface area contributed by atoms with Gasteiger partial charge < -0.3 is 4.42 Å². The van der Waals surface area contributed by atoms with Crippen molar-refractivity contribution in [3.63, 3.8) is 0 Å². The Hall–Kier alpha value is -1.40. The third kappa shape index (κ3) is 2.48. The highest BCUT2D eigenvalue weighted by molar-refractivity contribution is 7.89. The minimum atomic E-state index is -3.44. The molecule has 0 aliphatic carbocycles. The van der Waals surface area contributed by atoms with Crippen LogP contribution in [-0.4, -0.2) is 19.9 Å². The molecule has 1 aromatic heterocycles. The average molecular weight is 254 g/mol. The lowest BCUT2D eigenvalue weighted by Gasteiger charge is -2.04. The number of hydrogen-bond donors (Lipinski definition) is 1. The van der Waals surface area contributed by atoms with E-state index >= 15 is 0 Å². The van der Waals surface area contributed by atoms with Gasteiger partial charge in [-0.25, -0.2) is 18.1 Å². The molecular formula is C11H14N2O3S. The predicted octanol–water partition coefficient (Wildman–Crippen LogP) is 1.82. The van der Waals surface area contributed by atoms with Crippen LogP contribution in [0.1, 0.15) is 19.2 Å². The van der Waals surface area contributed by atoms with Gasteiger partial charge in [-0.05, 0) is 18.6 Å². The number of nitrogens with zero attached hydrogens (tertiary/aromatic N) is 1. The molecule has 1 heterocycles. The van der Waals surface area contributed by atoms with E-state index in [9.17, 15) is 8.42 Å². The van der Waals surface area contributed by atoms with Gasteiger partial charge in [-0.3, -0.25) is 0 Å². The SMILES string of the molecule is CCCNS(=O)(=O)c1ccc2nc(C)oc2c1. The number of sulfonamides is 1. The lowest BCUT2D eigenvalue weighted by atomic mass is 10.3. The second-order valence-electron chi connectivity index (χ2n) is 3.76. The number of rotatable bonds is 4. The third-order valence-electron chi connectivity index (χ3n) is 2.32. The smallest absolute Gasteiger partial charge is 0.240 e. The predicted molar refractivity (Wildman–Crippen MR) is 64.2 cm³/mol. The molecule has 0 atom stereocenters. The highest BCUT2D eigenvalue weighted by Gasteiger charge is 2.14. The van der Waals surface area contributed by atoms with Gasteiger partial charge in [-0.15, -0.1) is 0 Å². The summed E-state index contributed by atoms with van der Waals surface area (Å²) >= 11 is 0. The average Bonchev–Trinajstić information content (AvgIpc) is 2.65. The molecule has 17 heavy (non-hydrogen) atoms. The van der Waals surface area contributed by atoms with E-state index in [0.717, 1.165) is 6.42 Å². The zero-order valence-electron chi connectivity index (χ0n) is 9.73. The van der Waals surface area contributed by atoms with E-state index in [2.05, 4.69) is 9.71 Å². The third-order valence-corrected chi connectivity index (χ3v) is 3.78. The number of fused-ring (bicyclic) bond motifs is 1. The van der Waals surface area contributed by atoms with Crippen LogP contribution in [0.25, 0.3) is 11.1 Å². The molecule has 0 spiro atoms. The Kier molecular flexibility index (Phi) is 3.17. The first-order valence-electron chi connectivity index (χ1n) is 5.40. The van der Waals surface area contributed by atoms with E-state index in [0.29, 0.717) is 23.5 Å². The maximum atomic E-state index is 11.9. The Labute approximate surface area is 99.9 Å². The number of benzene rings is 1. The molecule has 1 aromatic carbocycles. The molecule has 0 radical (unpaired) electrons. The number of nitrogens with one attached hydrogen (secondary N) is 1. The molecule has 2 rings (SSSR count). The molecule has 1 N–H and O–H groups in total. The second-order valence-corrected chi connectivity index (χ2v) is 5.53. The van der Waals surface area contributed by atoms with E-state index < -0.39 is 10.0 Å². The zero-order valence-corrected chi connectivity index (χ0v) is 10.5. The van der Waals surface area contributed by atoms with Crippen molar-refractivity contribution < 1.29 is 12.8 Å². The summed E-state index contributed by atoms with van der Waals surface area (Å²) in [6.45, 7) is 4.06. The molecule has 6 heteroatoms. The van der Waals surface area contributed by atoms with Crippen molar-refractivity contribution >= 4 is 21.1 Å². The van der Waals surface area contributed by atoms with Crippen LogP contribution in [0.15, 0.2) is 27.5 Å². The van der Waals surface area contributed by atoms with Gasteiger partial charge in [0.25, 0.3) is 0 Å². The highest BCUT2D eigenvalue weighted by atomic mass is 32.2. The van der Waals surface area contributed by atoms with Crippen molar-refractivity contribution in [3.05, 3.63) is 24.1 Å². The van der Waals surface area contributed by atoms with Crippen molar-refractivity contribution in [1.29, 1.82) is 0 Å². The lowest BCUT2D eigenvalue weighted by Crippen LogP contribution is -2.24. The summed E-state index contributed by atoms with van der Waals surface area (Å²) in [7, 11) is -3.44. The summed E-state index contributed by atoms with van der Waals surface area (Å²) in [5.74, 6) is 0.524. The maximum Gasteiger partial charge on any atom is 0.240 e. The summed E-state index contributed by atoms with van der Waals surface area (Å²) in [6.07, 6.45) is 0.753. The molecule has 0 aliphatic rings. The summed E-state index contributed by atoms with van der Waals surface area (Å²) in [6, 6.07) is 4.67. The van der Waals surface area contributed by atoms with Gasteiger partial charge in [0.05, 0.1) is 4.90 Å². The standard InChI is InChI=1S/C11H14N2O3S/c1-3-6-12-17(14,15)9-4-5-10-11(7-9)16-8(2)13-10/h4-5,7,12H,3,6H2,1-2H3. The lowest BCUT2D eigenvalue weighted by molar-refractivity contribution is 0.558. The van der Waals surface area contributed by atoms with E-state index in [-0.39, 0.29) is 4.90 Å². The fraction of sp³-hybridized carbons (Fsp3) is 0.364. The number of oxazole rings is 1. The molecule has 2 aromatic rings. The number of hydrogen-bond acceptors (Lipinski definition) is 4. The van der Waals surface area contributed by atoms with Gasteiger partial charge in [0.15, 0.2) is 11.5 Å². The summed E-state index contributed by atoms with van der Waals surface area (Å²) in [5, 5.41) is 0. The molecule has 0 bridgehead atoms. The van der Waals surface area contributed by atoms with E-state index in [1.54, 1.807) is 13.0 Å². The number of aromatic nitrogens is 1. The quantitative estimate of drug-likeness (QED) is 0.903. The summed E-state index contributed by atoms with van der Waals surface area (Å²) in [4.78, 5) is 4.32. The van der Waals surface area contributed by atoms with Gasteiger partial charge in [0, 0.05) is 19.5 Å². The Morgan fingerprint density at radius 3 is 2.88 bits per heavy atom. The van der Waals surface area contributed by atoms with Crippen LogP contribution in [0.3, 0.4) is 0 Å². The van der Waals surface area contributed by atoms with E-state index in [1.165, 1.54) is 12.1 Å². The van der Waals surface area contributed by atoms with E-state index in [4.69, 9.17) is 4.42 Å². The minimum Gasteiger partial charge on any atom is -0.441 e. The van der Waals surface area contributed by atoms with Crippen molar-refractivity contribution in [2.45, 2.75) is 25.2 Å². The van der Waals surface area contributed by atoms with Gasteiger partial charge in [-0.2, -0.15) is 0 Å². The molecule has 0 aliphatic heterocycles. The van der Waals surface area contributed by atoms with Gasteiger partial charge in [-0.1, -0.05) is 6.92 Å². The summed E-state index contributed by atoms with van der Waals surface area (Å²) < 4.78 is 31.5. The van der Waals surface area contributed by atoms with Gasteiger partial charge >= 0.3 is 0 Å². The van der Waals surface area contributed by atoms with Crippen molar-refractivity contribution in [2.75, 3.05) is 6.54 Å². The van der Waals surface area contributed by atoms with Crippen LogP contribution in [0.5, 0.6) is 0 Å². The first-order chi connectivity index (χ1) is 8.03. The van der Waals surface area contributed by atoms with Crippen LogP contribution in [0.2, 0.25) is 0 Å². The Morgan fingerprint density at radius 2 is 2.18 bits per heavy atom. The Morgan fingerprint density at radius 1 is 1.41 bits per heavy atom. The molecule has 92 valence electrons. The van der Waals surface area contributed by atoms with Gasteiger partial charge in [0.1, 0.15) is 5.52 Å². The topological polar surface area (TPSA) is 72.2 Å². The van der Waals surface area contributed by atoms with Crippen molar-refractivity contribution in [2.24, 2.45) is 0 Å². The van der Waals surface area contributed by atoms with Gasteiger partial charge in [0.2, 0.25) is 10.0 Å². The van der Waals surface area contributed by atoms with Crippen LogP contribution in [-0.2, 0) is 10.0 Å². The van der Waals surface area contributed by atoms with Crippen LogP contribution < -0.4 is 4.72 Å². The molecule has 0 amide bonds. The normalized spacial score (nSPS) is 12.1. The molecular weight excluding hydrogens is 240 g/mol. The highest BCUT2D eigenvalue weighted by Crippen LogP contribution is 2.19. The van der Waals surface area contributed by atoms with Crippen LogP contribution in [0.4, 0.5) is 0 Å². The van der Waals surface area contributed by atoms with Crippen LogP contribution >= 0.6 is 0 Å². The fourth-order valence-electron chi connectivity index (χ4n) is 1.51. The Balaban J connectivity index is 2.42. The first kappa shape index (κ1) is 12.1. The number of aryl methyl sites for hydroxylation is 1. The largest absolute Gasteiger partial charge is 0.441 e. The van der Waals surface area contributed by atoms with E-state index in [1.807, 2.05) is 6.92 Å². The molecule has 5 nitrogen and oxygen atoms in total. The molecule has 0 saturated carbocycles. The molecule has 0 saturated heterocycles. The molecule has 0 fully saturated rings. The minimum absolute atomic E-state index is 0.203. The first-order valence-corrected chi connectivity index (χ1v) is 6.88. The second kappa shape index (κ2) is 4.46. The monoisotopic (exact) mass is 254 g/mol. The fourth-order valence-corrected chi connectivity index (χ4v) is 2.66. The van der Waals surface area contributed by atoms with Crippen molar-refractivity contribution in [3.8, 4) is 0 Å². The molecule has 0 unspecified atom stereocenters. The zero-order chi connectivity index (χ0) is 12.5. The summed E-state index contributed by atoms with van der Waals surface area (Å²) in [5.41, 5.74) is 1.15. The van der Waals surface area contributed by atoms with Crippen molar-refractivity contribution in [1.82, 2.24) is 9.71 Å². The maximum absolute atomic E-state index is 11.9.